The molecule has 0 heterocycles. The van der Waals surface area contributed by atoms with Crippen LogP contribution in [0, 0.1) is 0 Å². The van der Waals surface area contributed by atoms with E-state index in [0.717, 1.165) is 0 Å². The summed E-state index contributed by atoms with van der Waals surface area (Å²) in [5.74, 6) is -0.655. The highest BCUT2D eigenvalue weighted by Crippen LogP contribution is 2.25. The summed E-state index contributed by atoms with van der Waals surface area (Å²) >= 11 is 0. The fourth-order valence-electron chi connectivity index (χ4n) is 1.42. The number of hydrogen-bond donors (Lipinski definition) is 0. The van der Waals surface area contributed by atoms with Crippen LogP contribution in [-0.4, -0.2) is 27.1 Å². The fourth-order valence-corrected chi connectivity index (χ4v) is 1.42. The number of hydrogen-bond acceptors (Lipinski definition) is 4. The maximum absolute atomic E-state index is 11.1. The van der Waals surface area contributed by atoms with E-state index in [4.69, 9.17) is 14.2 Å². The fraction of sp³-hybridized carbons (Fsp3) is 0.308. The molecule has 0 spiro atoms. The normalized spacial score (nSPS) is 10.9. The van der Waals surface area contributed by atoms with Crippen LogP contribution in [0.1, 0.15) is 5.56 Å². The van der Waals surface area contributed by atoms with Crippen LogP contribution in [0.25, 0.3) is 0 Å². The lowest BCUT2D eigenvalue weighted by molar-refractivity contribution is -0.201. The summed E-state index contributed by atoms with van der Waals surface area (Å²) < 4.78 is 15.5. The smallest absolute Gasteiger partial charge is 0.252 e. The minimum atomic E-state index is -1.35. The molecule has 0 amide bonds. The maximum atomic E-state index is 11.1. The molecule has 1 aromatic rings. The zero-order valence-corrected chi connectivity index (χ0v) is 10.0. The molecule has 0 atom stereocenters. The van der Waals surface area contributed by atoms with E-state index in [1.54, 1.807) is 30.3 Å². The number of carbonyl (C=O) groups is 1. The molecule has 0 fully saturated rings. The molecule has 0 bridgehead atoms. The summed E-state index contributed by atoms with van der Waals surface area (Å²) in [6.45, 7) is 4.00. The Bertz CT molecular complexity index is 366. The van der Waals surface area contributed by atoms with Crippen LogP contribution >= 0.6 is 0 Å². The Morgan fingerprint density at radius 3 is 2.24 bits per heavy atom. The Kier molecular flexibility index (Phi) is 4.87. The molecule has 0 aliphatic rings. The van der Waals surface area contributed by atoms with Crippen LogP contribution in [0.5, 0.6) is 5.75 Å². The monoisotopic (exact) mass is 236 g/mol. The molecular weight excluding hydrogens is 220 g/mol. The van der Waals surface area contributed by atoms with Crippen molar-refractivity contribution < 1.29 is 19.0 Å². The molecule has 0 saturated heterocycles. The second-order valence-electron chi connectivity index (χ2n) is 3.32. The number of carbonyl (C=O) groups excluding carboxylic acids is 1. The summed E-state index contributed by atoms with van der Waals surface area (Å²) in [4.78, 5) is 11.1. The van der Waals surface area contributed by atoms with Gasteiger partial charge in [-0.1, -0.05) is 12.7 Å². The van der Waals surface area contributed by atoms with Crippen molar-refractivity contribution >= 4 is 6.29 Å². The Labute approximate surface area is 101 Å². The van der Waals surface area contributed by atoms with E-state index in [-0.39, 0.29) is 0 Å². The van der Waals surface area contributed by atoms with Gasteiger partial charge in [0, 0.05) is 19.8 Å². The first-order valence-corrected chi connectivity index (χ1v) is 5.13. The van der Waals surface area contributed by atoms with Crippen molar-refractivity contribution in [2.24, 2.45) is 0 Å². The van der Waals surface area contributed by atoms with Gasteiger partial charge in [-0.05, 0) is 24.3 Å². The third kappa shape index (κ3) is 2.93. The molecule has 0 aliphatic heterocycles. The van der Waals surface area contributed by atoms with E-state index >= 15 is 0 Å². The first kappa shape index (κ1) is 13.4. The van der Waals surface area contributed by atoms with Crippen molar-refractivity contribution in [3.05, 3.63) is 42.5 Å². The average molecular weight is 236 g/mol. The molecule has 0 radical (unpaired) electrons. The zero-order chi connectivity index (χ0) is 12.7. The van der Waals surface area contributed by atoms with Gasteiger partial charge in [0.15, 0.2) is 6.29 Å². The van der Waals surface area contributed by atoms with Gasteiger partial charge >= 0.3 is 0 Å². The molecule has 0 N–H and O–H groups in total. The van der Waals surface area contributed by atoms with Gasteiger partial charge in [-0.25, -0.2) is 0 Å². The summed E-state index contributed by atoms with van der Waals surface area (Å²) in [6.07, 6.45) is 2.28. The van der Waals surface area contributed by atoms with Crippen LogP contribution in [0.15, 0.2) is 36.9 Å². The predicted molar refractivity (Wildman–Crippen MR) is 63.9 cm³/mol. The van der Waals surface area contributed by atoms with Gasteiger partial charge in [-0.15, -0.1) is 0 Å². The highest BCUT2D eigenvalue weighted by Gasteiger charge is 2.31. The largest absolute Gasteiger partial charge is 0.490 e. The van der Waals surface area contributed by atoms with Gasteiger partial charge in [-0.2, -0.15) is 0 Å². The van der Waals surface area contributed by atoms with Gasteiger partial charge in [-0.3, -0.25) is 4.79 Å². The van der Waals surface area contributed by atoms with Crippen LogP contribution in [-0.2, 0) is 20.1 Å². The standard InChI is InChI=1S/C13H16O4/c1-4-9-17-12-7-5-11(6-8-12)13(10-14,15-2)16-3/h4-8,10H,1,9H2,2-3H3. The lowest BCUT2D eigenvalue weighted by atomic mass is 10.1. The number of benzene rings is 1. The van der Waals surface area contributed by atoms with E-state index in [1.807, 2.05) is 0 Å². The number of ether oxygens (including phenoxy) is 3. The van der Waals surface area contributed by atoms with Crippen LogP contribution < -0.4 is 4.74 Å². The number of methoxy groups -OCH3 is 2. The van der Waals surface area contributed by atoms with E-state index in [9.17, 15) is 4.79 Å². The van der Waals surface area contributed by atoms with Gasteiger partial charge in [0.2, 0.25) is 0 Å². The zero-order valence-electron chi connectivity index (χ0n) is 10.0. The summed E-state index contributed by atoms with van der Waals surface area (Å²) in [6, 6.07) is 6.93. The Hall–Kier alpha value is -1.65. The molecule has 92 valence electrons. The van der Waals surface area contributed by atoms with Crippen LogP contribution in [0.3, 0.4) is 0 Å². The van der Waals surface area contributed by atoms with E-state index in [1.165, 1.54) is 14.2 Å². The second-order valence-corrected chi connectivity index (χ2v) is 3.32. The van der Waals surface area contributed by atoms with Crippen molar-refractivity contribution in [1.29, 1.82) is 0 Å². The minimum Gasteiger partial charge on any atom is -0.490 e. The molecule has 4 nitrogen and oxygen atoms in total. The molecule has 4 heteroatoms. The van der Waals surface area contributed by atoms with Gasteiger partial charge < -0.3 is 14.2 Å². The van der Waals surface area contributed by atoms with Crippen molar-refractivity contribution in [1.82, 2.24) is 0 Å². The highest BCUT2D eigenvalue weighted by atomic mass is 16.7. The Morgan fingerprint density at radius 2 is 1.82 bits per heavy atom. The Balaban J connectivity index is 2.92. The van der Waals surface area contributed by atoms with Crippen molar-refractivity contribution in [2.45, 2.75) is 5.79 Å². The minimum absolute atomic E-state index is 0.437. The lowest BCUT2D eigenvalue weighted by Gasteiger charge is -2.24. The summed E-state index contributed by atoms with van der Waals surface area (Å²) in [5, 5.41) is 0. The first-order chi connectivity index (χ1) is 8.22. The number of aldehydes is 1. The molecule has 17 heavy (non-hydrogen) atoms. The third-order valence-corrected chi connectivity index (χ3v) is 2.39. The van der Waals surface area contributed by atoms with Gasteiger partial charge in [0.25, 0.3) is 5.79 Å². The molecule has 0 aliphatic carbocycles. The summed E-state index contributed by atoms with van der Waals surface area (Å²) in [7, 11) is 2.83. The molecule has 1 rings (SSSR count). The van der Waals surface area contributed by atoms with Crippen LogP contribution in [0.4, 0.5) is 0 Å². The summed E-state index contributed by atoms with van der Waals surface area (Å²) in [5.41, 5.74) is 0.614. The second kappa shape index (κ2) is 6.18. The molecule has 0 unspecified atom stereocenters. The molecule has 0 saturated carbocycles. The predicted octanol–water partition coefficient (Wildman–Crippen LogP) is 1.90. The van der Waals surface area contributed by atoms with Gasteiger partial charge in [0.05, 0.1) is 0 Å². The average Bonchev–Trinajstić information content (AvgIpc) is 2.40. The molecular formula is C13H16O4. The molecule has 1 aromatic carbocycles. The quantitative estimate of drug-likeness (QED) is 0.412. The maximum Gasteiger partial charge on any atom is 0.252 e. The molecule has 0 aromatic heterocycles. The lowest BCUT2D eigenvalue weighted by Crippen LogP contribution is -2.32. The highest BCUT2D eigenvalue weighted by molar-refractivity contribution is 5.64. The Morgan fingerprint density at radius 1 is 1.24 bits per heavy atom. The third-order valence-electron chi connectivity index (χ3n) is 2.39. The van der Waals surface area contributed by atoms with Gasteiger partial charge in [0.1, 0.15) is 12.4 Å². The van der Waals surface area contributed by atoms with E-state index < -0.39 is 5.79 Å². The van der Waals surface area contributed by atoms with Crippen LogP contribution in [0.2, 0.25) is 0 Å². The van der Waals surface area contributed by atoms with Crippen molar-refractivity contribution in [2.75, 3.05) is 20.8 Å². The topological polar surface area (TPSA) is 44.8 Å². The van der Waals surface area contributed by atoms with E-state index in [2.05, 4.69) is 6.58 Å². The van der Waals surface area contributed by atoms with Crippen molar-refractivity contribution in [3.8, 4) is 5.75 Å². The van der Waals surface area contributed by atoms with Crippen molar-refractivity contribution in [3.63, 3.8) is 0 Å². The SMILES string of the molecule is C=CCOc1ccc(C(C=O)(OC)OC)cc1. The number of rotatable bonds is 7. The van der Waals surface area contributed by atoms with E-state index in [0.29, 0.717) is 24.2 Å². The first-order valence-electron chi connectivity index (χ1n) is 5.13.